The predicted octanol–water partition coefficient (Wildman–Crippen LogP) is 0.0428. The van der Waals surface area contributed by atoms with Crippen LogP contribution in [0.5, 0.6) is 0 Å². The first-order chi connectivity index (χ1) is 23.2. The number of hydrogen-bond donors (Lipinski definition) is 10. The Balaban J connectivity index is 5.05. The van der Waals surface area contributed by atoms with Crippen LogP contribution in [0.1, 0.15) is 116 Å². The minimum absolute atomic E-state index is 0.139. The van der Waals surface area contributed by atoms with Crippen molar-refractivity contribution < 1.29 is 60.7 Å². The second kappa shape index (κ2) is 28.2. The van der Waals surface area contributed by atoms with E-state index < -0.39 is 92.9 Å². The molecule has 0 saturated heterocycles. The highest BCUT2D eigenvalue weighted by atomic mass is 16.4. The van der Waals surface area contributed by atoms with Crippen LogP contribution < -0.4 is 0 Å². The van der Waals surface area contributed by atoms with Crippen LogP contribution in [0.3, 0.4) is 0 Å². The van der Waals surface area contributed by atoms with E-state index in [0.29, 0.717) is 6.42 Å². The van der Waals surface area contributed by atoms with E-state index in [1.54, 1.807) is 0 Å². The summed E-state index contributed by atoms with van der Waals surface area (Å²) in [4.78, 5) is 29.0. The first-order valence-corrected chi connectivity index (χ1v) is 18.4. The Bertz CT molecular complexity index is 792. The molecule has 0 aromatic carbocycles. The third-order valence-corrected chi connectivity index (χ3v) is 9.27. The molecule has 0 fully saturated rings. The van der Waals surface area contributed by atoms with Gasteiger partial charge < -0.3 is 60.9 Å². The molecule has 292 valence electrons. The summed E-state index contributed by atoms with van der Waals surface area (Å²) in [7, 11) is 2.60. The zero-order valence-electron chi connectivity index (χ0n) is 30.2. The van der Waals surface area contributed by atoms with Crippen LogP contribution >= 0.6 is 0 Å². The molecule has 0 aromatic rings. The molecule has 0 aromatic heterocycles. The molecule has 8 atom stereocenters. The zero-order chi connectivity index (χ0) is 37.4. The number of rotatable bonds is 31. The van der Waals surface area contributed by atoms with Gasteiger partial charge in [-0.25, -0.2) is 0 Å². The number of nitrogens with zero attached hydrogens (tertiary/aromatic N) is 2. The molecule has 49 heavy (non-hydrogen) atoms. The number of aliphatic hydroxyl groups is 10. The number of carbonyl (C=O) groups is 2. The fourth-order valence-electron chi connectivity index (χ4n) is 5.86. The second-order valence-electron chi connectivity index (χ2n) is 13.7. The summed E-state index contributed by atoms with van der Waals surface area (Å²) in [6, 6.07) is 0. The van der Waals surface area contributed by atoms with E-state index in [-0.39, 0.29) is 6.42 Å². The van der Waals surface area contributed by atoms with Crippen LogP contribution in [0, 0.1) is 5.92 Å². The van der Waals surface area contributed by atoms with Crippen LogP contribution in [0.2, 0.25) is 0 Å². The Morgan fingerprint density at radius 1 is 0.449 bits per heavy atom. The van der Waals surface area contributed by atoms with E-state index in [1.165, 1.54) is 84.7 Å². The van der Waals surface area contributed by atoms with Gasteiger partial charge in [0.1, 0.15) is 54.7 Å². The lowest BCUT2D eigenvalue weighted by atomic mass is 9.96. The van der Waals surface area contributed by atoms with E-state index in [1.807, 2.05) is 0 Å². The molecule has 0 bridgehead atoms. The molecule has 0 saturated carbocycles. The lowest BCUT2D eigenvalue weighted by Gasteiger charge is -2.32. The van der Waals surface area contributed by atoms with Gasteiger partial charge in [-0.1, -0.05) is 110 Å². The van der Waals surface area contributed by atoms with Crippen molar-refractivity contribution in [1.29, 1.82) is 0 Å². The molecule has 2 amide bonds. The monoisotopic (exact) mass is 710 g/mol. The summed E-state index contributed by atoms with van der Waals surface area (Å²) in [5, 5.41) is 98.2. The minimum atomic E-state index is -1.90. The van der Waals surface area contributed by atoms with Gasteiger partial charge in [0, 0.05) is 27.2 Å². The van der Waals surface area contributed by atoms with Gasteiger partial charge in [-0.3, -0.25) is 9.59 Å². The van der Waals surface area contributed by atoms with Crippen molar-refractivity contribution in [3.05, 3.63) is 0 Å². The number of amides is 2. The van der Waals surface area contributed by atoms with Crippen molar-refractivity contribution in [2.45, 2.75) is 165 Å². The summed E-state index contributed by atoms with van der Waals surface area (Å²) < 4.78 is 0. The summed E-state index contributed by atoms with van der Waals surface area (Å²) in [5.74, 6) is -2.66. The van der Waals surface area contributed by atoms with E-state index >= 15 is 0 Å². The van der Waals surface area contributed by atoms with Crippen molar-refractivity contribution in [3.63, 3.8) is 0 Å². The van der Waals surface area contributed by atoms with Gasteiger partial charge in [-0.2, -0.15) is 0 Å². The van der Waals surface area contributed by atoms with Gasteiger partial charge in [-0.15, -0.1) is 0 Å². The Hall–Kier alpha value is -1.46. The molecule has 8 unspecified atom stereocenters. The number of carbonyl (C=O) groups excluding carboxylic acids is 2. The van der Waals surface area contributed by atoms with Crippen LogP contribution in [-0.2, 0) is 9.59 Å². The summed E-state index contributed by atoms with van der Waals surface area (Å²) in [5.41, 5.74) is 0. The maximum atomic E-state index is 13.5. The third-order valence-electron chi connectivity index (χ3n) is 9.27. The van der Waals surface area contributed by atoms with Crippen molar-refractivity contribution in [2.75, 3.05) is 40.4 Å². The SMILES string of the molecule is CCCCCCCCCCCCCCCCCCC(C(=O)N(C)CC(O)C(O)C(O)C(O)CO)C(=O)N(C)CC(O)C(O)C(O)C(O)CO. The fraction of sp³-hybridized carbons (Fsp3) is 0.943. The lowest BCUT2D eigenvalue weighted by Crippen LogP contribution is -2.53. The fourth-order valence-corrected chi connectivity index (χ4v) is 5.86. The molecule has 0 radical (unpaired) electrons. The van der Waals surface area contributed by atoms with Gasteiger partial charge in [0.25, 0.3) is 0 Å². The maximum Gasteiger partial charge on any atom is 0.234 e. The molecule has 0 rings (SSSR count). The maximum absolute atomic E-state index is 13.5. The molecule has 0 aliphatic carbocycles. The van der Waals surface area contributed by atoms with Gasteiger partial charge in [0.05, 0.1) is 13.2 Å². The van der Waals surface area contributed by atoms with E-state index in [9.17, 15) is 50.4 Å². The largest absolute Gasteiger partial charge is 0.394 e. The molecule has 0 aliphatic rings. The zero-order valence-corrected chi connectivity index (χ0v) is 30.2. The van der Waals surface area contributed by atoms with E-state index in [4.69, 9.17) is 10.2 Å². The normalized spacial score (nSPS) is 17.4. The standard InChI is InChI=1S/C35H70N2O12/c1-4-5-6-7-8-9-10-11-12-13-14-15-16-17-18-19-20-25(34(48)36(2)21-26(40)30(44)32(46)28(42)23-38)35(49)37(3)22-27(41)31(45)33(47)29(43)24-39/h25-33,38-47H,4-24H2,1-3H3. The average Bonchev–Trinajstić information content (AvgIpc) is 3.10. The van der Waals surface area contributed by atoms with Gasteiger partial charge in [-0.05, 0) is 6.42 Å². The molecule has 10 N–H and O–H groups in total. The van der Waals surface area contributed by atoms with Crippen molar-refractivity contribution in [1.82, 2.24) is 9.80 Å². The first kappa shape index (κ1) is 47.5. The number of unbranched alkanes of at least 4 members (excludes halogenated alkanes) is 15. The van der Waals surface area contributed by atoms with Crippen LogP contribution in [0.15, 0.2) is 0 Å². The highest BCUT2D eigenvalue weighted by Crippen LogP contribution is 2.20. The van der Waals surface area contributed by atoms with Crippen LogP contribution in [0.25, 0.3) is 0 Å². The predicted molar refractivity (Wildman–Crippen MR) is 185 cm³/mol. The summed E-state index contributed by atoms with van der Waals surface area (Å²) in [6.07, 6.45) is 4.23. The van der Waals surface area contributed by atoms with Gasteiger partial charge in [0.2, 0.25) is 11.8 Å². The van der Waals surface area contributed by atoms with Crippen LogP contribution in [-0.4, -0.2) is 162 Å². The molecule has 0 heterocycles. The molecule has 0 spiro atoms. The Labute approximate surface area is 293 Å². The highest BCUT2D eigenvalue weighted by molar-refractivity contribution is 6.00. The Morgan fingerprint density at radius 2 is 0.714 bits per heavy atom. The smallest absolute Gasteiger partial charge is 0.234 e. The quantitative estimate of drug-likeness (QED) is 0.0339. The highest BCUT2D eigenvalue weighted by Gasteiger charge is 2.37. The topological polar surface area (TPSA) is 243 Å². The Morgan fingerprint density at radius 3 is 1.00 bits per heavy atom. The average molecular weight is 711 g/mol. The summed E-state index contributed by atoms with van der Waals surface area (Å²) in [6.45, 7) is -0.508. The third kappa shape index (κ3) is 19.7. The molecule has 0 aliphatic heterocycles. The number of likely N-dealkylation sites (N-methyl/N-ethyl adjacent to an activating group) is 2. The van der Waals surface area contributed by atoms with Gasteiger partial charge >= 0.3 is 0 Å². The van der Waals surface area contributed by atoms with Crippen molar-refractivity contribution in [3.8, 4) is 0 Å². The lowest BCUT2D eigenvalue weighted by molar-refractivity contribution is -0.152. The number of aliphatic hydroxyl groups excluding tert-OH is 10. The Kier molecular flexibility index (Phi) is 27.3. The summed E-state index contributed by atoms with van der Waals surface area (Å²) >= 11 is 0. The van der Waals surface area contributed by atoms with E-state index in [2.05, 4.69) is 6.92 Å². The molecule has 14 heteroatoms. The van der Waals surface area contributed by atoms with Crippen molar-refractivity contribution >= 4 is 11.8 Å². The van der Waals surface area contributed by atoms with Crippen LogP contribution in [0.4, 0.5) is 0 Å². The minimum Gasteiger partial charge on any atom is -0.394 e. The second-order valence-corrected chi connectivity index (χ2v) is 13.7. The van der Waals surface area contributed by atoms with E-state index in [0.717, 1.165) is 35.5 Å². The molecular formula is C35H70N2O12. The first-order valence-electron chi connectivity index (χ1n) is 18.4. The molecule has 14 nitrogen and oxygen atoms in total. The molecular weight excluding hydrogens is 640 g/mol. The number of hydrogen-bond acceptors (Lipinski definition) is 12. The van der Waals surface area contributed by atoms with Gasteiger partial charge in [0.15, 0.2) is 0 Å². The van der Waals surface area contributed by atoms with Crippen molar-refractivity contribution in [2.24, 2.45) is 5.92 Å².